The number of phenolic OH excluding ortho intramolecular Hbond substituents is 3. The SMILES string of the molecule is C/C=C\COc1ccc(-c2c(OC)cc(-c3ccc(O)cc3)c(OC)c2O)cc1O. The molecule has 0 aliphatic rings. The fourth-order valence-corrected chi connectivity index (χ4v) is 3.16. The summed E-state index contributed by atoms with van der Waals surface area (Å²) in [5.41, 5.74) is 2.26. The highest BCUT2D eigenvalue weighted by molar-refractivity contribution is 5.88. The Morgan fingerprint density at radius 2 is 1.53 bits per heavy atom. The van der Waals surface area contributed by atoms with Crippen LogP contribution in [0.1, 0.15) is 6.92 Å². The van der Waals surface area contributed by atoms with Crippen molar-refractivity contribution in [1.29, 1.82) is 0 Å². The fourth-order valence-electron chi connectivity index (χ4n) is 3.16. The normalized spacial score (nSPS) is 10.9. The molecule has 0 spiro atoms. The Morgan fingerprint density at radius 3 is 2.13 bits per heavy atom. The first kappa shape index (κ1) is 20.9. The lowest BCUT2D eigenvalue weighted by Crippen LogP contribution is -1.96. The molecule has 0 aliphatic heterocycles. The minimum absolute atomic E-state index is 0.0555. The average molecular weight is 408 g/mol. The van der Waals surface area contributed by atoms with Crippen molar-refractivity contribution in [3.63, 3.8) is 0 Å². The predicted octanol–water partition coefficient (Wildman–Crippen LogP) is 5.11. The first-order valence-corrected chi connectivity index (χ1v) is 9.34. The number of ether oxygens (including phenoxy) is 3. The Labute approximate surface area is 175 Å². The summed E-state index contributed by atoms with van der Waals surface area (Å²) in [5.74, 6) is 0.949. The van der Waals surface area contributed by atoms with E-state index in [2.05, 4.69) is 0 Å². The molecule has 0 atom stereocenters. The minimum Gasteiger partial charge on any atom is -0.508 e. The summed E-state index contributed by atoms with van der Waals surface area (Å²) in [4.78, 5) is 0. The molecule has 3 aromatic rings. The summed E-state index contributed by atoms with van der Waals surface area (Å²) in [5, 5.41) is 30.9. The van der Waals surface area contributed by atoms with E-state index in [1.54, 1.807) is 42.5 Å². The van der Waals surface area contributed by atoms with E-state index in [9.17, 15) is 15.3 Å². The standard InChI is InChI=1S/C24H24O6/c1-4-5-12-30-20-11-8-16(13-19(20)26)22-21(28-2)14-18(24(29-3)23(22)27)15-6-9-17(25)10-7-15/h4-11,13-14,25-27H,12H2,1-3H3/b5-4-. The second-order valence-corrected chi connectivity index (χ2v) is 6.49. The van der Waals surface area contributed by atoms with Gasteiger partial charge in [-0.25, -0.2) is 0 Å². The first-order chi connectivity index (χ1) is 14.5. The minimum atomic E-state index is -0.123. The molecular weight excluding hydrogens is 384 g/mol. The lowest BCUT2D eigenvalue weighted by atomic mass is 9.96. The molecular formula is C24H24O6. The highest BCUT2D eigenvalue weighted by atomic mass is 16.5. The van der Waals surface area contributed by atoms with Gasteiger partial charge in [-0.2, -0.15) is 0 Å². The molecule has 0 amide bonds. The number of aromatic hydroxyl groups is 3. The van der Waals surface area contributed by atoms with E-state index in [1.165, 1.54) is 20.3 Å². The van der Waals surface area contributed by atoms with Crippen LogP contribution in [0.4, 0.5) is 0 Å². The van der Waals surface area contributed by atoms with E-state index in [0.29, 0.717) is 34.8 Å². The summed E-state index contributed by atoms with van der Waals surface area (Å²) in [6.45, 7) is 2.23. The Balaban J connectivity index is 2.11. The summed E-state index contributed by atoms with van der Waals surface area (Å²) < 4.78 is 16.5. The molecule has 0 saturated heterocycles. The van der Waals surface area contributed by atoms with Crippen LogP contribution in [0.5, 0.6) is 34.5 Å². The summed E-state index contributed by atoms with van der Waals surface area (Å²) in [7, 11) is 2.96. The number of allylic oxidation sites excluding steroid dienone is 1. The van der Waals surface area contributed by atoms with E-state index < -0.39 is 0 Å². The van der Waals surface area contributed by atoms with Crippen LogP contribution >= 0.6 is 0 Å². The van der Waals surface area contributed by atoms with Crippen LogP contribution in [0, 0.1) is 0 Å². The van der Waals surface area contributed by atoms with Gasteiger partial charge in [0.1, 0.15) is 18.1 Å². The van der Waals surface area contributed by atoms with Crippen LogP contribution in [0.2, 0.25) is 0 Å². The third kappa shape index (κ3) is 4.12. The Morgan fingerprint density at radius 1 is 0.833 bits per heavy atom. The number of rotatable bonds is 7. The van der Waals surface area contributed by atoms with Crippen LogP contribution in [0.25, 0.3) is 22.3 Å². The quantitative estimate of drug-likeness (QED) is 0.471. The third-order valence-corrected chi connectivity index (χ3v) is 4.64. The zero-order valence-corrected chi connectivity index (χ0v) is 17.0. The molecule has 3 aromatic carbocycles. The number of phenols is 3. The molecule has 0 heterocycles. The van der Waals surface area contributed by atoms with Gasteiger partial charge in [0.2, 0.25) is 0 Å². The zero-order chi connectivity index (χ0) is 21.7. The van der Waals surface area contributed by atoms with Crippen molar-refractivity contribution in [2.45, 2.75) is 6.92 Å². The maximum absolute atomic E-state index is 11.0. The van der Waals surface area contributed by atoms with Crippen LogP contribution in [0.15, 0.2) is 60.7 Å². The number of benzene rings is 3. The van der Waals surface area contributed by atoms with E-state index in [-0.39, 0.29) is 23.0 Å². The highest BCUT2D eigenvalue weighted by Crippen LogP contribution is 2.50. The maximum Gasteiger partial charge on any atom is 0.170 e. The predicted molar refractivity (Wildman–Crippen MR) is 116 cm³/mol. The van der Waals surface area contributed by atoms with Gasteiger partial charge in [0, 0.05) is 5.56 Å². The number of hydrogen-bond acceptors (Lipinski definition) is 6. The van der Waals surface area contributed by atoms with Gasteiger partial charge in [-0.05, 0) is 48.4 Å². The molecule has 6 heteroatoms. The number of methoxy groups -OCH3 is 2. The average Bonchev–Trinajstić information content (AvgIpc) is 2.75. The van der Waals surface area contributed by atoms with Gasteiger partial charge in [0.15, 0.2) is 23.0 Å². The fraction of sp³-hybridized carbons (Fsp3) is 0.167. The van der Waals surface area contributed by atoms with Gasteiger partial charge in [0.25, 0.3) is 0 Å². The summed E-state index contributed by atoms with van der Waals surface area (Å²) in [6, 6.07) is 13.1. The van der Waals surface area contributed by atoms with Crippen LogP contribution in [-0.4, -0.2) is 36.1 Å². The molecule has 0 bridgehead atoms. The maximum atomic E-state index is 11.0. The molecule has 0 saturated carbocycles. The van der Waals surface area contributed by atoms with Crippen molar-refractivity contribution in [3.8, 4) is 56.8 Å². The van der Waals surface area contributed by atoms with Gasteiger partial charge in [0.05, 0.1) is 19.8 Å². The van der Waals surface area contributed by atoms with Crippen molar-refractivity contribution < 1.29 is 29.5 Å². The molecule has 30 heavy (non-hydrogen) atoms. The molecule has 0 radical (unpaired) electrons. The molecule has 0 aliphatic carbocycles. The molecule has 3 N–H and O–H groups in total. The van der Waals surface area contributed by atoms with Gasteiger partial charge in [-0.15, -0.1) is 0 Å². The second-order valence-electron chi connectivity index (χ2n) is 6.49. The van der Waals surface area contributed by atoms with Crippen LogP contribution in [0.3, 0.4) is 0 Å². The van der Waals surface area contributed by atoms with Crippen LogP contribution < -0.4 is 14.2 Å². The van der Waals surface area contributed by atoms with Crippen molar-refractivity contribution in [1.82, 2.24) is 0 Å². The van der Waals surface area contributed by atoms with E-state index in [0.717, 1.165) is 5.56 Å². The Kier molecular flexibility index (Phi) is 6.37. The number of hydrogen-bond donors (Lipinski definition) is 3. The summed E-state index contributed by atoms with van der Waals surface area (Å²) >= 11 is 0. The molecule has 6 nitrogen and oxygen atoms in total. The van der Waals surface area contributed by atoms with Crippen molar-refractivity contribution in [3.05, 3.63) is 60.7 Å². The second kappa shape index (κ2) is 9.13. The molecule has 0 fully saturated rings. The monoisotopic (exact) mass is 408 g/mol. The van der Waals surface area contributed by atoms with E-state index >= 15 is 0 Å². The largest absolute Gasteiger partial charge is 0.508 e. The highest BCUT2D eigenvalue weighted by Gasteiger charge is 2.22. The molecule has 0 unspecified atom stereocenters. The zero-order valence-electron chi connectivity index (χ0n) is 17.0. The third-order valence-electron chi connectivity index (χ3n) is 4.64. The van der Waals surface area contributed by atoms with Gasteiger partial charge in [-0.3, -0.25) is 0 Å². The Bertz CT molecular complexity index is 1050. The van der Waals surface area contributed by atoms with Crippen molar-refractivity contribution in [2.24, 2.45) is 0 Å². The van der Waals surface area contributed by atoms with Crippen LogP contribution in [-0.2, 0) is 0 Å². The molecule has 156 valence electrons. The molecule has 0 aromatic heterocycles. The topological polar surface area (TPSA) is 88.4 Å². The first-order valence-electron chi connectivity index (χ1n) is 9.34. The van der Waals surface area contributed by atoms with E-state index in [4.69, 9.17) is 14.2 Å². The summed E-state index contributed by atoms with van der Waals surface area (Å²) in [6.07, 6.45) is 3.69. The Hall–Kier alpha value is -3.80. The van der Waals surface area contributed by atoms with Crippen molar-refractivity contribution >= 4 is 0 Å². The molecule has 3 rings (SSSR count). The smallest absolute Gasteiger partial charge is 0.170 e. The van der Waals surface area contributed by atoms with Gasteiger partial charge < -0.3 is 29.5 Å². The van der Waals surface area contributed by atoms with Crippen molar-refractivity contribution in [2.75, 3.05) is 20.8 Å². The van der Waals surface area contributed by atoms with Gasteiger partial charge >= 0.3 is 0 Å². The lowest BCUT2D eigenvalue weighted by Gasteiger charge is -2.18. The van der Waals surface area contributed by atoms with E-state index in [1.807, 2.05) is 19.1 Å². The lowest BCUT2D eigenvalue weighted by molar-refractivity contribution is 0.336. The van der Waals surface area contributed by atoms with Gasteiger partial charge in [-0.1, -0.05) is 30.4 Å².